The number of furan rings is 1. The van der Waals surface area contributed by atoms with Crippen LogP contribution in [0, 0.1) is 12.8 Å². The van der Waals surface area contributed by atoms with Crippen LogP contribution in [-0.4, -0.2) is 5.88 Å². The number of rotatable bonds is 5. The van der Waals surface area contributed by atoms with Gasteiger partial charge in [0.05, 0.1) is 12.5 Å². The number of hydrogen-bond donors (Lipinski definition) is 0. The highest BCUT2D eigenvalue weighted by Crippen LogP contribution is 2.17. The molecule has 0 saturated heterocycles. The molecule has 0 aliphatic carbocycles. The Labute approximate surface area is 107 Å². The quantitative estimate of drug-likeness (QED) is 0.722. The zero-order chi connectivity index (χ0) is 12.1. The maximum absolute atomic E-state index is 6.04. The topological polar surface area (TPSA) is 13.1 Å². The molecule has 1 heterocycles. The molecule has 1 nitrogen and oxygen atoms in total. The van der Waals surface area contributed by atoms with Gasteiger partial charge in [0.15, 0.2) is 0 Å². The molecular weight excluding hydrogens is 232 g/mol. The molecule has 0 amide bonds. The van der Waals surface area contributed by atoms with Gasteiger partial charge in [0.1, 0.15) is 0 Å². The molecule has 2 aromatic rings. The molecule has 2 heteroatoms. The summed E-state index contributed by atoms with van der Waals surface area (Å²) in [5.74, 6) is 1.15. The van der Waals surface area contributed by atoms with E-state index >= 15 is 0 Å². The summed E-state index contributed by atoms with van der Waals surface area (Å²) in [6, 6.07) is 10.7. The zero-order valence-corrected chi connectivity index (χ0v) is 10.8. The SMILES string of the molecule is Cc1ccc(CC(CCl)Cc2ccoc2)cc1. The first-order valence-electron chi connectivity index (χ1n) is 5.90. The van der Waals surface area contributed by atoms with Gasteiger partial charge in [-0.3, -0.25) is 0 Å². The minimum atomic E-state index is 0.469. The van der Waals surface area contributed by atoms with Gasteiger partial charge in [0.2, 0.25) is 0 Å². The number of alkyl halides is 1. The van der Waals surface area contributed by atoms with Crippen molar-refractivity contribution in [2.24, 2.45) is 5.92 Å². The number of hydrogen-bond acceptors (Lipinski definition) is 1. The van der Waals surface area contributed by atoms with E-state index in [1.165, 1.54) is 16.7 Å². The fourth-order valence-corrected chi connectivity index (χ4v) is 2.20. The second kappa shape index (κ2) is 5.92. The molecule has 0 aliphatic rings. The number of benzene rings is 1. The first-order chi connectivity index (χ1) is 8.28. The third-order valence-corrected chi connectivity index (χ3v) is 3.40. The second-order valence-corrected chi connectivity index (χ2v) is 4.85. The van der Waals surface area contributed by atoms with Crippen LogP contribution >= 0.6 is 11.6 Å². The molecule has 1 unspecified atom stereocenters. The van der Waals surface area contributed by atoms with Crippen LogP contribution in [0.1, 0.15) is 16.7 Å². The lowest BCUT2D eigenvalue weighted by Gasteiger charge is -2.12. The van der Waals surface area contributed by atoms with E-state index in [0.29, 0.717) is 11.8 Å². The summed E-state index contributed by atoms with van der Waals surface area (Å²) >= 11 is 6.04. The molecule has 0 radical (unpaired) electrons. The molecule has 0 fully saturated rings. The van der Waals surface area contributed by atoms with Crippen LogP contribution < -0.4 is 0 Å². The lowest BCUT2D eigenvalue weighted by atomic mass is 9.95. The lowest BCUT2D eigenvalue weighted by molar-refractivity contribution is 0.548. The van der Waals surface area contributed by atoms with Crippen molar-refractivity contribution < 1.29 is 4.42 Å². The van der Waals surface area contributed by atoms with Crippen LogP contribution in [0.25, 0.3) is 0 Å². The summed E-state index contributed by atoms with van der Waals surface area (Å²) in [4.78, 5) is 0. The minimum absolute atomic E-state index is 0.469. The Morgan fingerprint density at radius 2 is 1.76 bits per heavy atom. The average Bonchev–Trinajstić information content (AvgIpc) is 2.84. The summed E-state index contributed by atoms with van der Waals surface area (Å²) < 4.78 is 5.08. The van der Waals surface area contributed by atoms with Gasteiger partial charge in [-0.05, 0) is 42.9 Å². The van der Waals surface area contributed by atoms with Gasteiger partial charge in [-0.15, -0.1) is 11.6 Å². The maximum atomic E-state index is 6.04. The van der Waals surface area contributed by atoms with Crippen molar-refractivity contribution in [3.05, 3.63) is 59.5 Å². The monoisotopic (exact) mass is 248 g/mol. The molecule has 90 valence electrons. The number of halogens is 1. The standard InChI is InChI=1S/C15H17ClO/c1-12-2-4-13(5-3-12)8-15(10-16)9-14-6-7-17-11-14/h2-7,11,15H,8-10H2,1H3. The van der Waals surface area contributed by atoms with E-state index in [0.717, 1.165) is 12.8 Å². The second-order valence-electron chi connectivity index (χ2n) is 4.55. The van der Waals surface area contributed by atoms with E-state index in [4.69, 9.17) is 16.0 Å². The molecule has 2 rings (SSSR count). The van der Waals surface area contributed by atoms with Crippen LogP contribution in [0.4, 0.5) is 0 Å². The third-order valence-electron chi connectivity index (χ3n) is 2.97. The van der Waals surface area contributed by atoms with Gasteiger partial charge in [-0.25, -0.2) is 0 Å². The van der Waals surface area contributed by atoms with Gasteiger partial charge in [-0.2, -0.15) is 0 Å². The zero-order valence-electron chi connectivity index (χ0n) is 10.0. The molecule has 0 aliphatic heterocycles. The third kappa shape index (κ3) is 3.64. The molecule has 17 heavy (non-hydrogen) atoms. The van der Waals surface area contributed by atoms with Crippen molar-refractivity contribution in [3.63, 3.8) is 0 Å². The minimum Gasteiger partial charge on any atom is -0.472 e. The van der Waals surface area contributed by atoms with Gasteiger partial charge in [0.25, 0.3) is 0 Å². The van der Waals surface area contributed by atoms with Crippen molar-refractivity contribution in [2.45, 2.75) is 19.8 Å². The van der Waals surface area contributed by atoms with Crippen LogP contribution in [0.2, 0.25) is 0 Å². The predicted octanol–water partition coefficient (Wildman–Crippen LogP) is 4.23. The first kappa shape index (κ1) is 12.3. The Kier molecular flexibility index (Phi) is 4.27. The normalized spacial score (nSPS) is 12.6. The van der Waals surface area contributed by atoms with E-state index in [-0.39, 0.29) is 0 Å². The summed E-state index contributed by atoms with van der Waals surface area (Å²) in [7, 11) is 0. The molecule has 0 spiro atoms. The Morgan fingerprint density at radius 3 is 2.35 bits per heavy atom. The molecule has 0 saturated carbocycles. The van der Waals surface area contributed by atoms with Crippen molar-refractivity contribution in [1.82, 2.24) is 0 Å². The largest absolute Gasteiger partial charge is 0.472 e. The Balaban J connectivity index is 1.97. The van der Waals surface area contributed by atoms with Crippen molar-refractivity contribution in [2.75, 3.05) is 5.88 Å². The molecular formula is C15H17ClO. The smallest absolute Gasteiger partial charge is 0.0934 e. The highest BCUT2D eigenvalue weighted by atomic mass is 35.5. The molecule has 1 aromatic carbocycles. The maximum Gasteiger partial charge on any atom is 0.0934 e. The highest BCUT2D eigenvalue weighted by Gasteiger charge is 2.10. The summed E-state index contributed by atoms with van der Waals surface area (Å²) in [6.45, 7) is 2.11. The van der Waals surface area contributed by atoms with E-state index in [2.05, 4.69) is 31.2 Å². The first-order valence-corrected chi connectivity index (χ1v) is 6.44. The summed E-state index contributed by atoms with van der Waals surface area (Å²) in [6.07, 6.45) is 5.52. The van der Waals surface area contributed by atoms with Crippen LogP contribution in [-0.2, 0) is 12.8 Å². The van der Waals surface area contributed by atoms with Crippen molar-refractivity contribution in [1.29, 1.82) is 0 Å². The van der Waals surface area contributed by atoms with Crippen LogP contribution in [0.15, 0.2) is 47.3 Å². The summed E-state index contributed by atoms with van der Waals surface area (Å²) in [5, 5.41) is 0. The molecule has 1 atom stereocenters. The fourth-order valence-electron chi connectivity index (χ4n) is 1.98. The molecule has 0 N–H and O–H groups in total. The van der Waals surface area contributed by atoms with E-state index < -0.39 is 0 Å². The average molecular weight is 249 g/mol. The summed E-state index contributed by atoms with van der Waals surface area (Å²) in [5.41, 5.74) is 3.87. The number of aryl methyl sites for hydroxylation is 1. The Bertz CT molecular complexity index is 430. The van der Waals surface area contributed by atoms with E-state index in [1.807, 2.05) is 6.07 Å². The van der Waals surface area contributed by atoms with Gasteiger partial charge >= 0.3 is 0 Å². The lowest BCUT2D eigenvalue weighted by Crippen LogP contribution is -2.09. The van der Waals surface area contributed by atoms with Crippen LogP contribution in [0.5, 0.6) is 0 Å². The Hall–Kier alpha value is -1.21. The fraction of sp³-hybridized carbons (Fsp3) is 0.333. The van der Waals surface area contributed by atoms with Gasteiger partial charge < -0.3 is 4.42 Å². The van der Waals surface area contributed by atoms with Crippen molar-refractivity contribution in [3.8, 4) is 0 Å². The van der Waals surface area contributed by atoms with Crippen LogP contribution in [0.3, 0.4) is 0 Å². The van der Waals surface area contributed by atoms with E-state index in [9.17, 15) is 0 Å². The molecule has 0 bridgehead atoms. The van der Waals surface area contributed by atoms with Crippen molar-refractivity contribution >= 4 is 11.6 Å². The van der Waals surface area contributed by atoms with E-state index in [1.54, 1.807) is 12.5 Å². The highest BCUT2D eigenvalue weighted by molar-refractivity contribution is 6.18. The Morgan fingerprint density at radius 1 is 1.06 bits per heavy atom. The predicted molar refractivity (Wildman–Crippen MR) is 71.5 cm³/mol. The van der Waals surface area contributed by atoms with Gasteiger partial charge in [0, 0.05) is 5.88 Å². The van der Waals surface area contributed by atoms with Gasteiger partial charge in [-0.1, -0.05) is 29.8 Å². The molecule has 1 aromatic heterocycles.